The van der Waals surface area contributed by atoms with Gasteiger partial charge in [0.25, 0.3) is 5.92 Å². The van der Waals surface area contributed by atoms with Gasteiger partial charge in [0.05, 0.1) is 19.3 Å². The van der Waals surface area contributed by atoms with Crippen molar-refractivity contribution in [2.75, 3.05) is 13.2 Å². The number of alkyl halides is 2. The molecule has 2 aliphatic rings. The minimum atomic E-state index is -2.78. The zero-order valence-electron chi connectivity index (χ0n) is 8.38. The second-order valence-corrected chi connectivity index (χ2v) is 4.01. The first-order valence-corrected chi connectivity index (χ1v) is 4.95. The van der Waals surface area contributed by atoms with E-state index in [4.69, 9.17) is 15.2 Å². The minimum Gasteiger partial charge on any atom is -0.348 e. The van der Waals surface area contributed by atoms with Gasteiger partial charge in [0.15, 0.2) is 5.79 Å². The molecule has 0 amide bonds. The maximum absolute atomic E-state index is 13.3. The van der Waals surface area contributed by atoms with Crippen LogP contribution in [0, 0.1) is 0 Å². The SMILES string of the molecule is Cl.NC1CCC2(CCC1(F)F)OCCO2. The fourth-order valence-corrected chi connectivity index (χ4v) is 2.04. The third-order valence-corrected chi connectivity index (χ3v) is 3.03. The Bertz CT molecular complexity index is 222. The highest BCUT2D eigenvalue weighted by Gasteiger charge is 2.47. The molecule has 6 heteroatoms. The lowest BCUT2D eigenvalue weighted by atomic mass is 10.1. The first-order valence-electron chi connectivity index (χ1n) is 4.95. The molecule has 1 unspecified atom stereocenters. The molecule has 90 valence electrons. The van der Waals surface area contributed by atoms with E-state index in [2.05, 4.69) is 0 Å². The van der Waals surface area contributed by atoms with Gasteiger partial charge >= 0.3 is 0 Å². The summed E-state index contributed by atoms with van der Waals surface area (Å²) in [6.45, 7) is 1.00. The van der Waals surface area contributed by atoms with Gasteiger partial charge in [0, 0.05) is 19.3 Å². The number of hydrogen-bond donors (Lipinski definition) is 1. The number of ether oxygens (including phenoxy) is 2. The molecular weight excluding hydrogens is 228 g/mol. The van der Waals surface area contributed by atoms with Crippen LogP contribution in [0.4, 0.5) is 8.78 Å². The van der Waals surface area contributed by atoms with Crippen molar-refractivity contribution in [1.29, 1.82) is 0 Å². The van der Waals surface area contributed by atoms with Gasteiger partial charge in [-0.2, -0.15) is 0 Å². The average molecular weight is 244 g/mol. The number of halogens is 3. The van der Waals surface area contributed by atoms with E-state index < -0.39 is 17.8 Å². The predicted octanol–water partition coefficient (Wildman–Crippen LogP) is 1.69. The van der Waals surface area contributed by atoms with Crippen LogP contribution in [0.15, 0.2) is 0 Å². The van der Waals surface area contributed by atoms with E-state index in [9.17, 15) is 8.78 Å². The third kappa shape index (κ3) is 2.58. The number of rotatable bonds is 0. The van der Waals surface area contributed by atoms with Crippen LogP contribution in [0.1, 0.15) is 25.7 Å². The van der Waals surface area contributed by atoms with E-state index in [0.717, 1.165) is 0 Å². The molecule has 1 saturated heterocycles. The van der Waals surface area contributed by atoms with Crippen molar-refractivity contribution in [1.82, 2.24) is 0 Å². The van der Waals surface area contributed by atoms with Gasteiger partial charge in [0.1, 0.15) is 0 Å². The fraction of sp³-hybridized carbons (Fsp3) is 1.00. The maximum Gasteiger partial charge on any atom is 0.263 e. The molecule has 0 bridgehead atoms. The molecule has 1 spiro atoms. The topological polar surface area (TPSA) is 44.5 Å². The van der Waals surface area contributed by atoms with E-state index in [-0.39, 0.29) is 31.7 Å². The molecule has 0 aromatic heterocycles. The van der Waals surface area contributed by atoms with Gasteiger partial charge in [-0.25, -0.2) is 8.78 Å². The van der Waals surface area contributed by atoms with Gasteiger partial charge in [-0.15, -0.1) is 12.4 Å². The number of nitrogens with two attached hydrogens (primary N) is 1. The monoisotopic (exact) mass is 243 g/mol. The normalized spacial score (nSPS) is 33.4. The van der Waals surface area contributed by atoms with Crippen LogP contribution < -0.4 is 5.73 Å². The summed E-state index contributed by atoms with van der Waals surface area (Å²) in [6, 6.07) is -1.06. The van der Waals surface area contributed by atoms with Crippen molar-refractivity contribution in [3.63, 3.8) is 0 Å². The second-order valence-electron chi connectivity index (χ2n) is 4.01. The smallest absolute Gasteiger partial charge is 0.263 e. The summed E-state index contributed by atoms with van der Waals surface area (Å²) in [6.07, 6.45) is 0.735. The highest BCUT2D eigenvalue weighted by molar-refractivity contribution is 5.85. The van der Waals surface area contributed by atoms with Crippen LogP contribution in [-0.4, -0.2) is 31.0 Å². The van der Waals surface area contributed by atoms with Crippen LogP contribution in [0.25, 0.3) is 0 Å². The van der Waals surface area contributed by atoms with Crippen LogP contribution in [0.2, 0.25) is 0 Å². The Morgan fingerprint density at radius 1 is 1.07 bits per heavy atom. The standard InChI is InChI=1S/C9H15F2NO2.ClH/c10-9(11)4-3-8(2-1-7(9)12)13-5-6-14-8;/h7H,1-6,12H2;1H. The molecular formula is C9H16ClF2NO2. The molecule has 3 nitrogen and oxygen atoms in total. The molecule has 2 N–H and O–H groups in total. The highest BCUT2D eigenvalue weighted by Crippen LogP contribution is 2.39. The Kier molecular flexibility index (Phi) is 3.92. The Balaban J connectivity index is 0.00000112. The number of hydrogen-bond acceptors (Lipinski definition) is 3. The Hall–Kier alpha value is 0.0300. The lowest BCUT2D eigenvalue weighted by Gasteiger charge is -2.25. The first-order chi connectivity index (χ1) is 6.54. The summed E-state index contributed by atoms with van der Waals surface area (Å²) in [7, 11) is 0. The summed E-state index contributed by atoms with van der Waals surface area (Å²) in [5, 5.41) is 0. The maximum atomic E-state index is 13.3. The summed E-state index contributed by atoms with van der Waals surface area (Å²) >= 11 is 0. The zero-order chi connectivity index (χ0) is 10.2. The van der Waals surface area contributed by atoms with E-state index in [1.54, 1.807) is 0 Å². The Morgan fingerprint density at radius 3 is 2.27 bits per heavy atom. The molecule has 2 rings (SSSR count). The minimum absolute atomic E-state index is 0. The van der Waals surface area contributed by atoms with Crippen LogP contribution in [0.5, 0.6) is 0 Å². The average Bonchev–Trinajstić information content (AvgIpc) is 2.56. The second kappa shape index (κ2) is 4.49. The molecule has 0 aromatic carbocycles. The summed E-state index contributed by atoms with van der Waals surface area (Å²) in [5.74, 6) is -3.55. The summed E-state index contributed by atoms with van der Waals surface area (Å²) in [5.41, 5.74) is 5.40. The van der Waals surface area contributed by atoms with Crippen molar-refractivity contribution in [3.05, 3.63) is 0 Å². The molecule has 2 fully saturated rings. The third-order valence-electron chi connectivity index (χ3n) is 3.03. The van der Waals surface area contributed by atoms with Crippen molar-refractivity contribution in [2.45, 2.75) is 43.4 Å². The largest absolute Gasteiger partial charge is 0.348 e. The van der Waals surface area contributed by atoms with E-state index in [1.807, 2.05) is 0 Å². The van der Waals surface area contributed by atoms with Crippen LogP contribution in [-0.2, 0) is 9.47 Å². The summed E-state index contributed by atoms with van der Waals surface area (Å²) in [4.78, 5) is 0. The molecule has 1 aliphatic carbocycles. The van der Waals surface area contributed by atoms with E-state index >= 15 is 0 Å². The van der Waals surface area contributed by atoms with Crippen molar-refractivity contribution in [2.24, 2.45) is 5.73 Å². The molecule has 15 heavy (non-hydrogen) atoms. The predicted molar refractivity (Wildman–Crippen MR) is 53.3 cm³/mol. The molecule has 1 heterocycles. The highest BCUT2D eigenvalue weighted by atomic mass is 35.5. The van der Waals surface area contributed by atoms with Crippen LogP contribution >= 0.6 is 12.4 Å². The van der Waals surface area contributed by atoms with Gasteiger partial charge in [-0.1, -0.05) is 0 Å². The Labute approximate surface area is 93.7 Å². The van der Waals surface area contributed by atoms with Crippen molar-refractivity contribution < 1.29 is 18.3 Å². The Morgan fingerprint density at radius 2 is 1.67 bits per heavy atom. The summed E-state index contributed by atoms with van der Waals surface area (Å²) < 4.78 is 37.3. The van der Waals surface area contributed by atoms with Crippen molar-refractivity contribution >= 4 is 12.4 Å². The molecule has 1 aliphatic heterocycles. The quantitative estimate of drug-likeness (QED) is 0.704. The van der Waals surface area contributed by atoms with E-state index in [0.29, 0.717) is 19.6 Å². The molecule has 0 aromatic rings. The fourth-order valence-electron chi connectivity index (χ4n) is 2.04. The van der Waals surface area contributed by atoms with Gasteiger partial charge in [-0.05, 0) is 6.42 Å². The lowest BCUT2D eigenvalue weighted by Crippen LogP contribution is -2.39. The zero-order valence-corrected chi connectivity index (χ0v) is 9.19. The molecule has 1 atom stereocenters. The van der Waals surface area contributed by atoms with E-state index in [1.165, 1.54) is 0 Å². The first kappa shape index (κ1) is 13.1. The molecule has 1 saturated carbocycles. The van der Waals surface area contributed by atoms with Gasteiger partial charge < -0.3 is 15.2 Å². The van der Waals surface area contributed by atoms with Crippen LogP contribution in [0.3, 0.4) is 0 Å². The molecule has 0 radical (unpaired) electrons. The van der Waals surface area contributed by atoms with Gasteiger partial charge in [0.2, 0.25) is 0 Å². The lowest BCUT2D eigenvalue weighted by molar-refractivity contribution is -0.168. The van der Waals surface area contributed by atoms with Crippen molar-refractivity contribution in [3.8, 4) is 0 Å². The van der Waals surface area contributed by atoms with Gasteiger partial charge in [-0.3, -0.25) is 0 Å².